The number of carbonyl (C=O) groups is 1. The zero-order chi connectivity index (χ0) is 11.5. The normalized spacial score (nSPS) is 18.1. The molecule has 2 rings (SSSR count). The van der Waals surface area contributed by atoms with Gasteiger partial charge in [0.2, 0.25) is 0 Å². The lowest BCUT2D eigenvalue weighted by atomic mass is 10.1. The van der Waals surface area contributed by atoms with Crippen LogP contribution >= 0.6 is 0 Å². The zero-order valence-corrected chi connectivity index (χ0v) is 9.45. The molecule has 0 saturated carbocycles. The summed E-state index contributed by atoms with van der Waals surface area (Å²) in [5.74, 6) is 0.0159. The van der Waals surface area contributed by atoms with Gasteiger partial charge in [-0.25, -0.2) is 0 Å². The lowest BCUT2D eigenvalue weighted by Crippen LogP contribution is -2.16. The van der Waals surface area contributed by atoms with Crippen LogP contribution in [0, 0.1) is 0 Å². The Morgan fingerprint density at radius 2 is 2.25 bits per heavy atom. The molecule has 1 aliphatic rings. The van der Waals surface area contributed by atoms with Crippen LogP contribution in [0.1, 0.15) is 26.0 Å². The molecule has 3 nitrogen and oxygen atoms in total. The Morgan fingerprint density at radius 3 is 2.81 bits per heavy atom. The molecule has 1 amide bonds. The topological polar surface area (TPSA) is 42.0 Å². The number of hydrogen-bond acceptors (Lipinski definition) is 2. The van der Waals surface area contributed by atoms with Crippen molar-refractivity contribution in [3.63, 3.8) is 0 Å². The van der Waals surface area contributed by atoms with Gasteiger partial charge in [-0.2, -0.15) is 0 Å². The van der Waals surface area contributed by atoms with E-state index in [4.69, 9.17) is 0 Å². The molecule has 16 heavy (non-hydrogen) atoms. The number of nitrogens with one attached hydrogen (secondary N) is 1. The molecule has 1 N–H and O–H groups in total. The van der Waals surface area contributed by atoms with E-state index >= 15 is 0 Å². The molecule has 1 aromatic heterocycles. The molecule has 1 aromatic rings. The van der Waals surface area contributed by atoms with Crippen molar-refractivity contribution in [3.8, 4) is 0 Å². The first-order valence-corrected chi connectivity index (χ1v) is 5.36. The number of pyridine rings is 1. The van der Waals surface area contributed by atoms with E-state index < -0.39 is 0 Å². The van der Waals surface area contributed by atoms with E-state index in [1.807, 2.05) is 38.1 Å². The van der Waals surface area contributed by atoms with Gasteiger partial charge in [-0.3, -0.25) is 9.78 Å². The Labute approximate surface area is 94.9 Å². The summed E-state index contributed by atoms with van der Waals surface area (Å²) in [4.78, 5) is 15.8. The van der Waals surface area contributed by atoms with Crippen molar-refractivity contribution in [3.05, 3.63) is 46.9 Å². The standard InChI is InChI=1S/C13H14N2O/c1-3-11-9(2)12(15-13(11)16)8-10-6-4-5-7-14-10/h4-8H,3H2,1-2H3,(H,15,16)/b12-8-. The van der Waals surface area contributed by atoms with Gasteiger partial charge in [0.15, 0.2) is 0 Å². The second-order valence-corrected chi connectivity index (χ2v) is 3.72. The van der Waals surface area contributed by atoms with Crippen LogP contribution in [0.5, 0.6) is 0 Å². The summed E-state index contributed by atoms with van der Waals surface area (Å²) in [7, 11) is 0. The molecule has 0 unspecified atom stereocenters. The molecule has 1 aliphatic heterocycles. The highest BCUT2D eigenvalue weighted by Gasteiger charge is 2.22. The first-order valence-electron chi connectivity index (χ1n) is 5.36. The summed E-state index contributed by atoms with van der Waals surface area (Å²) in [6.07, 6.45) is 4.40. The highest BCUT2D eigenvalue weighted by Crippen LogP contribution is 2.23. The number of aromatic nitrogens is 1. The van der Waals surface area contributed by atoms with Crippen molar-refractivity contribution in [1.29, 1.82) is 0 Å². The molecule has 0 fully saturated rings. The first kappa shape index (κ1) is 10.6. The van der Waals surface area contributed by atoms with Gasteiger partial charge in [0.25, 0.3) is 5.91 Å². The third-order valence-electron chi connectivity index (χ3n) is 2.71. The molecule has 0 aromatic carbocycles. The van der Waals surface area contributed by atoms with Crippen molar-refractivity contribution in [2.45, 2.75) is 20.3 Å². The second-order valence-electron chi connectivity index (χ2n) is 3.72. The third-order valence-corrected chi connectivity index (χ3v) is 2.71. The fourth-order valence-electron chi connectivity index (χ4n) is 1.80. The SMILES string of the molecule is CCC1=C(C)/C(=C/c2ccccn2)NC1=O. The van der Waals surface area contributed by atoms with Gasteiger partial charge in [-0.05, 0) is 37.1 Å². The van der Waals surface area contributed by atoms with Crippen LogP contribution < -0.4 is 5.32 Å². The Kier molecular flexibility index (Phi) is 2.86. The van der Waals surface area contributed by atoms with Crippen LogP contribution in [0.15, 0.2) is 41.2 Å². The lowest BCUT2D eigenvalue weighted by molar-refractivity contribution is -0.116. The van der Waals surface area contributed by atoms with Gasteiger partial charge in [0.05, 0.1) is 5.69 Å². The molecule has 3 heteroatoms. The molecule has 2 heterocycles. The van der Waals surface area contributed by atoms with E-state index in [1.165, 1.54) is 0 Å². The molecule has 0 bridgehead atoms. The highest BCUT2D eigenvalue weighted by molar-refractivity contribution is 6.01. The van der Waals surface area contributed by atoms with Crippen molar-refractivity contribution >= 4 is 12.0 Å². The molecule has 0 saturated heterocycles. The number of amides is 1. The predicted molar refractivity (Wildman–Crippen MR) is 63.3 cm³/mol. The Morgan fingerprint density at radius 1 is 1.44 bits per heavy atom. The molecule has 0 radical (unpaired) electrons. The monoisotopic (exact) mass is 214 g/mol. The average Bonchev–Trinajstić information content (AvgIpc) is 2.55. The van der Waals surface area contributed by atoms with Gasteiger partial charge >= 0.3 is 0 Å². The van der Waals surface area contributed by atoms with Gasteiger partial charge in [-0.1, -0.05) is 13.0 Å². The Balaban J connectivity index is 2.35. The average molecular weight is 214 g/mol. The summed E-state index contributed by atoms with van der Waals surface area (Å²) in [6.45, 7) is 3.95. The highest BCUT2D eigenvalue weighted by atomic mass is 16.1. The van der Waals surface area contributed by atoms with E-state index in [9.17, 15) is 4.79 Å². The van der Waals surface area contributed by atoms with E-state index in [-0.39, 0.29) is 5.91 Å². The van der Waals surface area contributed by atoms with Gasteiger partial charge in [0, 0.05) is 17.5 Å². The maximum absolute atomic E-state index is 11.6. The van der Waals surface area contributed by atoms with E-state index in [2.05, 4.69) is 10.3 Å². The molecule has 82 valence electrons. The molecular weight excluding hydrogens is 200 g/mol. The zero-order valence-electron chi connectivity index (χ0n) is 9.45. The second kappa shape index (κ2) is 4.31. The summed E-state index contributed by atoms with van der Waals surface area (Å²) in [5.41, 5.74) is 3.61. The van der Waals surface area contributed by atoms with Crippen LogP contribution in [0.3, 0.4) is 0 Å². The number of hydrogen-bond donors (Lipinski definition) is 1. The van der Waals surface area contributed by atoms with Gasteiger partial charge in [-0.15, -0.1) is 0 Å². The minimum atomic E-state index is 0.0159. The van der Waals surface area contributed by atoms with Crippen LogP contribution in [0.25, 0.3) is 6.08 Å². The summed E-state index contributed by atoms with van der Waals surface area (Å²) in [5, 5.41) is 2.86. The number of allylic oxidation sites excluding steroid dienone is 1. The van der Waals surface area contributed by atoms with Crippen LogP contribution in [0.2, 0.25) is 0 Å². The van der Waals surface area contributed by atoms with Gasteiger partial charge in [0.1, 0.15) is 0 Å². The van der Waals surface area contributed by atoms with Crippen LogP contribution in [0.4, 0.5) is 0 Å². The van der Waals surface area contributed by atoms with E-state index in [0.717, 1.165) is 29.0 Å². The van der Waals surface area contributed by atoms with Crippen LogP contribution in [-0.2, 0) is 4.79 Å². The smallest absolute Gasteiger partial charge is 0.251 e. The maximum atomic E-state index is 11.6. The van der Waals surface area contributed by atoms with Crippen molar-refractivity contribution < 1.29 is 4.79 Å². The summed E-state index contributed by atoms with van der Waals surface area (Å²) in [6, 6.07) is 5.71. The molecule has 0 atom stereocenters. The molecule has 0 spiro atoms. The fourth-order valence-corrected chi connectivity index (χ4v) is 1.80. The Bertz CT molecular complexity index is 472. The number of nitrogens with zero attached hydrogens (tertiary/aromatic N) is 1. The van der Waals surface area contributed by atoms with Crippen molar-refractivity contribution in [2.75, 3.05) is 0 Å². The van der Waals surface area contributed by atoms with E-state index in [0.29, 0.717) is 0 Å². The number of rotatable bonds is 2. The van der Waals surface area contributed by atoms with Crippen LogP contribution in [-0.4, -0.2) is 10.9 Å². The Hall–Kier alpha value is -1.90. The molecule has 0 aliphatic carbocycles. The predicted octanol–water partition coefficient (Wildman–Crippen LogP) is 2.28. The number of carbonyl (C=O) groups excluding carboxylic acids is 1. The van der Waals surface area contributed by atoms with E-state index in [1.54, 1.807) is 6.20 Å². The maximum Gasteiger partial charge on any atom is 0.251 e. The lowest BCUT2D eigenvalue weighted by Gasteiger charge is -1.99. The minimum absolute atomic E-state index is 0.0159. The van der Waals surface area contributed by atoms with Gasteiger partial charge < -0.3 is 5.32 Å². The fraction of sp³-hybridized carbons (Fsp3) is 0.231. The minimum Gasteiger partial charge on any atom is -0.322 e. The first-order chi connectivity index (χ1) is 7.72. The largest absolute Gasteiger partial charge is 0.322 e. The quantitative estimate of drug-likeness (QED) is 0.820. The third kappa shape index (κ3) is 1.89. The molecular formula is C13H14N2O. The summed E-state index contributed by atoms with van der Waals surface area (Å²) >= 11 is 0. The van der Waals surface area contributed by atoms with Crippen molar-refractivity contribution in [2.24, 2.45) is 0 Å². The summed E-state index contributed by atoms with van der Waals surface area (Å²) < 4.78 is 0. The van der Waals surface area contributed by atoms with Crippen molar-refractivity contribution in [1.82, 2.24) is 10.3 Å².